The molecule has 0 spiro atoms. The molecule has 0 aliphatic heterocycles. The van der Waals surface area contributed by atoms with Crippen molar-refractivity contribution in [1.29, 1.82) is 0 Å². The predicted octanol–water partition coefficient (Wildman–Crippen LogP) is 2.59. The van der Waals surface area contributed by atoms with E-state index in [4.69, 9.17) is 4.74 Å². The highest BCUT2D eigenvalue weighted by atomic mass is 16.5. The Kier molecular flexibility index (Phi) is 10.5. The lowest BCUT2D eigenvalue weighted by atomic mass is 9.98. The quantitative estimate of drug-likeness (QED) is 0.316. The second-order valence-electron chi connectivity index (χ2n) is 7.61. The molecule has 2 saturated carbocycles. The van der Waals surface area contributed by atoms with Gasteiger partial charge in [0.15, 0.2) is 5.96 Å². The predicted molar refractivity (Wildman–Crippen MR) is 106 cm³/mol. The lowest BCUT2D eigenvalue weighted by molar-refractivity contribution is -0.121. The van der Waals surface area contributed by atoms with Crippen LogP contribution in [0.3, 0.4) is 0 Å². The van der Waals surface area contributed by atoms with Crippen molar-refractivity contribution in [2.45, 2.75) is 76.7 Å². The van der Waals surface area contributed by atoms with Crippen LogP contribution in [0.2, 0.25) is 0 Å². The molecule has 0 aromatic rings. The lowest BCUT2D eigenvalue weighted by Gasteiger charge is -2.22. The van der Waals surface area contributed by atoms with Crippen LogP contribution >= 0.6 is 0 Å². The van der Waals surface area contributed by atoms with E-state index >= 15 is 0 Å². The number of amides is 1. The van der Waals surface area contributed by atoms with Crippen LogP contribution in [0.15, 0.2) is 4.99 Å². The molecule has 0 atom stereocenters. The van der Waals surface area contributed by atoms with Crippen LogP contribution < -0.4 is 16.0 Å². The van der Waals surface area contributed by atoms with Gasteiger partial charge in [0.1, 0.15) is 0 Å². The number of carbonyl (C=O) groups excluding carboxylic acids is 1. The molecule has 6 nitrogen and oxygen atoms in total. The fourth-order valence-electron chi connectivity index (χ4n) is 3.91. The maximum atomic E-state index is 11.9. The van der Waals surface area contributed by atoms with Crippen LogP contribution in [0.25, 0.3) is 0 Å². The van der Waals surface area contributed by atoms with E-state index in [1.165, 1.54) is 57.8 Å². The molecule has 0 aromatic carbocycles. The third-order valence-electron chi connectivity index (χ3n) is 5.43. The number of carbonyl (C=O) groups is 1. The van der Waals surface area contributed by atoms with Gasteiger partial charge in [-0.2, -0.15) is 0 Å². The van der Waals surface area contributed by atoms with Gasteiger partial charge in [0, 0.05) is 39.7 Å². The topological polar surface area (TPSA) is 74.8 Å². The second kappa shape index (κ2) is 13.0. The molecule has 26 heavy (non-hydrogen) atoms. The monoisotopic (exact) mass is 366 g/mol. The molecule has 6 heteroatoms. The number of hydrogen-bond donors (Lipinski definition) is 3. The summed E-state index contributed by atoms with van der Waals surface area (Å²) in [5, 5.41) is 9.54. The zero-order chi connectivity index (χ0) is 18.5. The van der Waals surface area contributed by atoms with Crippen molar-refractivity contribution in [2.75, 3.05) is 33.3 Å². The summed E-state index contributed by atoms with van der Waals surface area (Å²) in [6.45, 7) is 2.98. The third kappa shape index (κ3) is 8.88. The van der Waals surface area contributed by atoms with Gasteiger partial charge < -0.3 is 20.7 Å². The summed E-state index contributed by atoms with van der Waals surface area (Å²) in [7, 11) is 1.77. The summed E-state index contributed by atoms with van der Waals surface area (Å²) >= 11 is 0. The van der Waals surface area contributed by atoms with Gasteiger partial charge in [-0.25, -0.2) is 0 Å². The molecule has 3 N–H and O–H groups in total. The zero-order valence-corrected chi connectivity index (χ0v) is 16.5. The van der Waals surface area contributed by atoms with Crippen molar-refractivity contribution < 1.29 is 9.53 Å². The number of aliphatic imine (C=N–C) groups is 1. The molecule has 0 aromatic heterocycles. The zero-order valence-electron chi connectivity index (χ0n) is 16.5. The molecule has 0 radical (unpaired) electrons. The van der Waals surface area contributed by atoms with Gasteiger partial charge >= 0.3 is 0 Å². The van der Waals surface area contributed by atoms with Crippen molar-refractivity contribution >= 4 is 11.9 Å². The molecule has 2 fully saturated rings. The van der Waals surface area contributed by atoms with Crippen molar-refractivity contribution in [2.24, 2.45) is 10.9 Å². The van der Waals surface area contributed by atoms with Crippen molar-refractivity contribution in [1.82, 2.24) is 16.0 Å². The fourth-order valence-corrected chi connectivity index (χ4v) is 3.91. The second-order valence-corrected chi connectivity index (χ2v) is 7.61. The van der Waals surface area contributed by atoms with Crippen LogP contribution in [0.1, 0.15) is 70.6 Å². The van der Waals surface area contributed by atoms with Crippen LogP contribution in [-0.2, 0) is 9.53 Å². The minimum absolute atomic E-state index is 0.182. The number of nitrogens with one attached hydrogen (secondary N) is 3. The van der Waals surface area contributed by atoms with Crippen LogP contribution in [-0.4, -0.2) is 51.3 Å². The molecule has 0 saturated heterocycles. The molecule has 0 bridgehead atoms. The van der Waals surface area contributed by atoms with Crippen molar-refractivity contribution in [3.63, 3.8) is 0 Å². The van der Waals surface area contributed by atoms with Gasteiger partial charge in [-0.15, -0.1) is 0 Å². The summed E-state index contributed by atoms with van der Waals surface area (Å²) in [6, 6.07) is 0. The largest absolute Gasteiger partial charge is 0.378 e. The standard InChI is InChI=1S/C20H38N4O2/c1-21-20(23-12-7-15-26-18-10-3-2-4-11-18)24-14-13-22-19(25)16-17-8-5-6-9-17/h17-18H,2-16H2,1H3,(H,22,25)(H2,21,23,24). The number of nitrogens with zero attached hydrogens (tertiary/aromatic N) is 1. The molecule has 0 unspecified atom stereocenters. The minimum Gasteiger partial charge on any atom is -0.378 e. The first kappa shape index (κ1) is 21.0. The maximum Gasteiger partial charge on any atom is 0.220 e. The van der Waals surface area contributed by atoms with E-state index in [-0.39, 0.29) is 5.91 Å². The van der Waals surface area contributed by atoms with Crippen LogP contribution in [0.5, 0.6) is 0 Å². The van der Waals surface area contributed by atoms with E-state index in [9.17, 15) is 4.79 Å². The molecule has 2 rings (SSSR count). The van der Waals surface area contributed by atoms with E-state index in [0.29, 0.717) is 31.5 Å². The third-order valence-corrected chi connectivity index (χ3v) is 5.43. The number of hydrogen-bond acceptors (Lipinski definition) is 3. The smallest absolute Gasteiger partial charge is 0.220 e. The summed E-state index contributed by atoms with van der Waals surface area (Å²) in [5.74, 6) is 1.57. The Balaban J connectivity index is 1.43. The summed E-state index contributed by atoms with van der Waals surface area (Å²) in [6.07, 6.45) is 13.6. The molecule has 0 heterocycles. The van der Waals surface area contributed by atoms with Crippen molar-refractivity contribution in [3.8, 4) is 0 Å². The molecule has 2 aliphatic rings. The van der Waals surface area contributed by atoms with Crippen LogP contribution in [0.4, 0.5) is 0 Å². The van der Waals surface area contributed by atoms with Crippen LogP contribution in [0, 0.1) is 5.92 Å². The molecule has 1 amide bonds. The van der Waals surface area contributed by atoms with Gasteiger partial charge in [0.2, 0.25) is 5.91 Å². The first-order valence-electron chi connectivity index (χ1n) is 10.6. The highest BCUT2D eigenvalue weighted by Gasteiger charge is 2.18. The van der Waals surface area contributed by atoms with Gasteiger partial charge in [-0.3, -0.25) is 9.79 Å². The Morgan fingerprint density at radius 2 is 1.58 bits per heavy atom. The van der Waals surface area contributed by atoms with Crippen molar-refractivity contribution in [3.05, 3.63) is 0 Å². The molecular weight excluding hydrogens is 328 g/mol. The lowest BCUT2D eigenvalue weighted by Crippen LogP contribution is -2.42. The first-order chi connectivity index (χ1) is 12.8. The average Bonchev–Trinajstić information content (AvgIpc) is 3.17. The summed E-state index contributed by atoms with van der Waals surface area (Å²) in [5.41, 5.74) is 0. The number of guanidine groups is 1. The fraction of sp³-hybridized carbons (Fsp3) is 0.900. The Morgan fingerprint density at radius 3 is 2.31 bits per heavy atom. The Hall–Kier alpha value is -1.30. The Labute approximate surface area is 158 Å². The Morgan fingerprint density at radius 1 is 0.923 bits per heavy atom. The van der Waals surface area contributed by atoms with E-state index in [1.807, 2.05) is 0 Å². The van der Waals surface area contributed by atoms with E-state index < -0.39 is 0 Å². The van der Waals surface area contributed by atoms with Gasteiger partial charge in [-0.1, -0.05) is 32.1 Å². The van der Waals surface area contributed by atoms with E-state index in [1.54, 1.807) is 7.05 Å². The summed E-state index contributed by atoms with van der Waals surface area (Å²) in [4.78, 5) is 16.1. The minimum atomic E-state index is 0.182. The number of ether oxygens (including phenoxy) is 1. The van der Waals surface area contributed by atoms with Gasteiger partial charge in [0.05, 0.1) is 6.10 Å². The average molecular weight is 367 g/mol. The van der Waals surface area contributed by atoms with E-state index in [2.05, 4.69) is 20.9 Å². The SMILES string of the molecule is CN=C(NCCCOC1CCCCC1)NCCNC(=O)CC1CCCC1. The number of rotatable bonds is 10. The van der Waals surface area contributed by atoms with Gasteiger partial charge in [0.25, 0.3) is 0 Å². The molecular formula is C20H38N4O2. The molecule has 2 aliphatic carbocycles. The first-order valence-corrected chi connectivity index (χ1v) is 10.6. The highest BCUT2D eigenvalue weighted by Crippen LogP contribution is 2.27. The highest BCUT2D eigenvalue weighted by molar-refractivity contribution is 5.79. The normalized spacial score (nSPS) is 19.5. The van der Waals surface area contributed by atoms with Gasteiger partial charge in [-0.05, 0) is 38.0 Å². The van der Waals surface area contributed by atoms with E-state index in [0.717, 1.165) is 25.5 Å². The Bertz CT molecular complexity index is 416. The molecule has 150 valence electrons. The maximum absolute atomic E-state index is 11.9. The summed E-state index contributed by atoms with van der Waals surface area (Å²) < 4.78 is 5.93.